The Bertz CT molecular complexity index is 533. The second-order valence-corrected chi connectivity index (χ2v) is 4.11. The molecule has 114 valence electrons. The molecule has 0 heterocycles. The molecule has 0 aliphatic carbocycles. The molecule has 0 fully saturated rings. The van der Waals surface area contributed by atoms with Crippen molar-refractivity contribution in [3.8, 4) is 5.75 Å². The molecule has 0 aromatic heterocycles. The van der Waals surface area contributed by atoms with Crippen LogP contribution in [0.25, 0.3) is 0 Å². The average Bonchev–Trinajstić information content (AvgIpc) is 2.42. The van der Waals surface area contributed by atoms with Gasteiger partial charge in [-0.3, -0.25) is 9.59 Å². The largest absolute Gasteiger partial charge is 0.481 e. The molecular formula is C13H14FNO6. The molecule has 8 heteroatoms. The number of aliphatic carboxylic acids is 2. The molecule has 7 nitrogen and oxygen atoms in total. The van der Waals surface area contributed by atoms with Crippen molar-refractivity contribution in [3.63, 3.8) is 0 Å². The zero-order chi connectivity index (χ0) is 15.8. The van der Waals surface area contributed by atoms with Crippen molar-refractivity contribution in [2.45, 2.75) is 18.9 Å². The highest BCUT2D eigenvalue weighted by Gasteiger charge is 2.21. The highest BCUT2D eigenvalue weighted by Crippen LogP contribution is 2.14. The van der Waals surface area contributed by atoms with Crippen LogP contribution >= 0.6 is 0 Å². The van der Waals surface area contributed by atoms with Crippen LogP contribution in [-0.4, -0.2) is 40.7 Å². The fourth-order valence-corrected chi connectivity index (χ4v) is 1.47. The highest BCUT2D eigenvalue weighted by atomic mass is 19.1. The summed E-state index contributed by atoms with van der Waals surface area (Å²) in [6.07, 6.45) is -0.651. The molecule has 0 saturated heterocycles. The SMILES string of the molecule is O=C(O)CC[C@H](NC(=O)COc1ccccc1F)C(=O)O. The Kier molecular flexibility index (Phi) is 6.12. The third-order valence-corrected chi connectivity index (χ3v) is 2.48. The molecule has 21 heavy (non-hydrogen) atoms. The second kappa shape index (κ2) is 7.83. The van der Waals surface area contributed by atoms with Gasteiger partial charge in [0, 0.05) is 6.42 Å². The van der Waals surface area contributed by atoms with Crippen molar-refractivity contribution >= 4 is 17.8 Å². The maximum Gasteiger partial charge on any atom is 0.326 e. The number of nitrogens with one attached hydrogen (secondary N) is 1. The summed E-state index contributed by atoms with van der Waals surface area (Å²) in [5.74, 6) is -4.08. The lowest BCUT2D eigenvalue weighted by molar-refractivity contribution is -0.143. The number of amides is 1. The summed E-state index contributed by atoms with van der Waals surface area (Å²) in [5.41, 5.74) is 0. The third kappa shape index (κ3) is 5.89. The zero-order valence-electron chi connectivity index (χ0n) is 10.9. The van der Waals surface area contributed by atoms with Crippen LogP contribution in [0.2, 0.25) is 0 Å². The van der Waals surface area contributed by atoms with E-state index >= 15 is 0 Å². The number of carboxylic acids is 2. The average molecular weight is 299 g/mol. The number of hydrogen-bond acceptors (Lipinski definition) is 4. The Hall–Kier alpha value is -2.64. The van der Waals surface area contributed by atoms with Crippen molar-refractivity contribution in [1.82, 2.24) is 5.32 Å². The van der Waals surface area contributed by atoms with Gasteiger partial charge in [0.15, 0.2) is 18.2 Å². The Morgan fingerprint density at radius 1 is 1.24 bits per heavy atom. The molecule has 1 aromatic rings. The lowest BCUT2D eigenvalue weighted by atomic mass is 10.1. The Morgan fingerprint density at radius 2 is 1.90 bits per heavy atom. The van der Waals surface area contributed by atoms with E-state index < -0.39 is 42.7 Å². The molecule has 0 bridgehead atoms. The van der Waals surface area contributed by atoms with Gasteiger partial charge in [-0.25, -0.2) is 9.18 Å². The maximum absolute atomic E-state index is 13.2. The fourth-order valence-electron chi connectivity index (χ4n) is 1.47. The van der Waals surface area contributed by atoms with E-state index in [1.165, 1.54) is 18.2 Å². The first kappa shape index (κ1) is 16.4. The van der Waals surface area contributed by atoms with Crippen molar-refractivity contribution < 1.29 is 33.7 Å². The highest BCUT2D eigenvalue weighted by molar-refractivity contribution is 5.84. The quantitative estimate of drug-likeness (QED) is 0.649. The van der Waals surface area contributed by atoms with E-state index in [-0.39, 0.29) is 12.2 Å². The molecule has 1 aromatic carbocycles. The van der Waals surface area contributed by atoms with E-state index in [9.17, 15) is 18.8 Å². The minimum absolute atomic E-state index is 0.134. The van der Waals surface area contributed by atoms with Crippen LogP contribution in [0.1, 0.15) is 12.8 Å². The fraction of sp³-hybridized carbons (Fsp3) is 0.308. The number of halogens is 1. The Balaban J connectivity index is 2.49. The first-order chi connectivity index (χ1) is 9.90. The standard InChI is InChI=1S/C13H14FNO6/c14-8-3-1-2-4-10(8)21-7-11(16)15-9(13(19)20)5-6-12(17)18/h1-4,9H,5-7H2,(H,15,16)(H,17,18)(H,19,20)/t9-/m0/s1. The number of carbonyl (C=O) groups is 3. The van der Waals surface area contributed by atoms with Crippen LogP contribution in [0.3, 0.4) is 0 Å². The van der Waals surface area contributed by atoms with Gasteiger partial charge < -0.3 is 20.3 Å². The number of carboxylic acid groups (broad SMARTS) is 2. The second-order valence-electron chi connectivity index (χ2n) is 4.11. The zero-order valence-corrected chi connectivity index (χ0v) is 10.9. The van der Waals surface area contributed by atoms with Crippen LogP contribution < -0.4 is 10.1 Å². The summed E-state index contributed by atoms with van der Waals surface area (Å²) in [5, 5.41) is 19.5. The maximum atomic E-state index is 13.2. The van der Waals surface area contributed by atoms with Gasteiger partial charge in [-0.2, -0.15) is 0 Å². The van der Waals surface area contributed by atoms with E-state index in [1.54, 1.807) is 0 Å². The molecule has 1 amide bonds. The van der Waals surface area contributed by atoms with E-state index in [0.717, 1.165) is 6.07 Å². The van der Waals surface area contributed by atoms with Gasteiger partial charge >= 0.3 is 11.9 Å². The van der Waals surface area contributed by atoms with E-state index in [4.69, 9.17) is 14.9 Å². The van der Waals surface area contributed by atoms with Crippen LogP contribution in [-0.2, 0) is 14.4 Å². The molecule has 3 N–H and O–H groups in total. The number of rotatable bonds is 8. The summed E-state index contributed by atoms with van der Waals surface area (Å²) >= 11 is 0. The smallest absolute Gasteiger partial charge is 0.326 e. The molecule has 0 saturated carbocycles. The first-order valence-electron chi connectivity index (χ1n) is 6.01. The number of para-hydroxylation sites is 1. The molecule has 1 rings (SSSR count). The van der Waals surface area contributed by atoms with Crippen molar-refractivity contribution in [3.05, 3.63) is 30.1 Å². The molecule has 0 radical (unpaired) electrons. The van der Waals surface area contributed by atoms with Gasteiger partial charge in [-0.1, -0.05) is 12.1 Å². The molecule has 0 unspecified atom stereocenters. The summed E-state index contributed by atoms with van der Waals surface area (Å²) < 4.78 is 18.1. The Morgan fingerprint density at radius 3 is 2.48 bits per heavy atom. The summed E-state index contributed by atoms with van der Waals surface area (Å²) in [7, 11) is 0. The van der Waals surface area contributed by atoms with Crippen molar-refractivity contribution in [2.24, 2.45) is 0 Å². The predicted molar refractivity (Wildman–Crippen MR) is 68.3 cm³/mol. The number of benzene rings is 1. The molecular weight excluding hydrogens is 285 g/mol. The molecule has 0 spiro atoms. The van der Waals surface area contributed by atoms with E-state index in [0.29, 0.717) is 0 Å². The van der Waals surface area contributed by atoms with Crippen molar-refractivity contribution in [1.29, 1.82) is 0 Å². The summed E-state index contributed by atoms with van der Waals surface area (Å²) in [6.45, 7) is -0.572. The van der Waals surface area contributed by atoms with E-state index in [1.807, 2.05) is 0 Å². The van der Waals surface area contributed by atoms with Crippen LogP contribution in [0.5, 0.6) is 5.75 Å². The first-order valence-corrected chi connectivity index (χ1v) is 6.01. The third-order valence-electron chi connectivity index (χ3n) is 2.48. The molecule has 0 aliphatic heterocycles. The normalized spacial score (nSPS) is 11.5. The number of ether oxygens (including phenoxy) is 1. The molecule has 0 aliphatic rings. The topological polar surface area (TPSA) is 113 Å². The minimum Gasteiger partial charge on any atom is -0.481 e. The predicted octanol–water partition coefficient (Wildman–Crippen LogP) is 0.639. The number of carbonyl (C=O) groups excluding carboxylic acids is 1. The Labute approximate surface area is 119 Å². The molecule has 1 atom stereocenters. The van der Waals surface area contributed by atoms with Crippen molar-refractivity contribution in [2.75, 3.05) is 6.61 Å². The van der Waals surface area contributed by atoms with Crippen LogP contribution in [0, 0.1) is 5.82 Å². The summed E-state index contributed by atoms with van der Waals surface area (Å²) in [6, 6.07) is 4.11. The lowest BCUT2D eigenvalue weighted by Crippen LogP contribution is -2.43. The summed E-state index contributed by atoms with van der Waals surface area (Å²) in [4.78, 5) is 32.8. The van der Waals surface area contributed by atoms with Crippen LogP contribution in [0.15, 0.2) is 24.3 Å². The monoisotopic (exact) mass is 299 g/mol. The van der Waals surface area contributed by atoms with Gasteiger partial charge in [0.05, 0.1) is 0 Å². The van der Waals surface area contributed by atoms with Gasteiger partial charge in [0.25, 0.3) is 5.91 Å². The lowest BCUT2D eigenvalue weighted by Gasteiger charge is -2.14. The van der Waals surface area contributed by atoms with E-state index in [2.05, 4.69) is 5.32 Å². The van der Waals surface area contributed by atoms with Gasteiger partial charge in [0.2, 0.25) is 0 Å². The van der Waals surface area contributed by atoms with Gasteiger partial charge in [0.1, 0.15) is 6.04 Å². The van der Waals surface area contributed by atoms with Crippen LogP contribution in [0.4, 0.5) is 4.39 Å². The minimum atomic E-state index is -1.35. The van der Waals surface area contributed by atoms with Gasteiger partial charge in [-0.05, 0) is 18.6 Å². The van der Waals surface area contributed by atoms with Gasteiger partial charge in [-0.15, -0.1) is 0 Å². The number of hydrogen-bond donors (Lipinski definition) is 3.